The highest BCUT2D eigenvalue weighted by molar-refractivity contribution is 5.92. The number of morpholine rings is 1. The van der Waals surface area contributed by atoms with Gasteiger partial charge in [-0.25, -0.2) is 0 Å². The van der Waals surface area contributed by atoms with Crippen molar-refractivity contribution >= 4 is 11.6 Å². The molecular weight excluding hydrogens is 357 g/mol. The lowest BCUT2D eigenvalue weighted by Crippen LogP contribution is -2.35. The first-order chi connectivity index (χ1) is 12.9. The van der Waals surface area contributed by atoms with Crippen molar-refractivity contribution in [2.75, 3.05) is 31.6 Å². The Hall–Kier alpha value is -2.38. The fourth-order valence-electron chi connectivity index (χ4n) is 2.96. The number of halogens is 3. The first kappa shape index (κ1) is 19.4. The Bertz CT molecular complexity index is 770. The van der Waals surface area contributed by atoms with Crippen LogP contribution < -0.4 is 5.32 Å². The summed E-state index contributed by atoms with van der Waals surface area (Å²) in [5.41, 5.74) is 1.33. The zero-order valence-electron chi connectivity index (χ0n) is 14.8. The minimum Gasteiger partial charge on any atom is -0.379 e. The minimum atomic E-state index is -4.41. The average Bonchev–Trinajstić information content (AvgIpc) is 2.64. The number of hydrogen-bond acceptors (Lipinski definition) is 3. The van der Waals surface area contributed by atoms with Crippen molar-refractivity contribution in [3.63, 3.8) is 0 Å². The molecule has 0 saturated carbocycles. The molecule has 1 N–H and O–H groups in total. The molecule has 1 saturated heterocycles. The normalized spacial score (nSPS) is 15.5. The Morgan fingerprint density at radius 3 is 2.41 bits per heavy atom. The molecule has 1 aliphatic rings. The van der Waals surface area contributed by atoms with Crippen molar-refractivity contribution in [2.45, 2.75) is 19.1 Å². The third kappa shape index (κ3) is 5.80. The SMILES string of the molecule is O=C(Cc1cccc(C(F)(F)F)c1)Nc1ccc(CN2CCOCC2)cc1. The van der Waals surface area contributed by atoms with Gasteiger partial charge in [-0.2, -0.15) is 13.2 Å². The highest BCUT2D eigenvalue weighted by Crippen LogP contribution is 2.29. The van der Waals surface area contributed by atoms with E-state index in [-0.39, 0.29) is 12.3 Å². The van der Waals surface area contributed by atoms with Gasteiger partial charge in [-0.3, -0.25) is 9.69 Å². The molecule has 2 aromatic carbocycles. The quantitative estimate of drug-likeness (QED) is 0.862. The van der Waals surface area contributed by atoms with E-state index in [1.54, 1.807) is 12.1 Å². The molecule has 144 valence electrons. The lowest BCUT2D eigenvalue weighted by atomic mass is 10.1. The summed E-state index contributed by atoms with van der Waals surface area (Å²) in [6.45, 7) is 4.10. The van der Waals surface area contributed by atoms with Crippen molar-refractivity contribution in [3.05, 3.63) is 65.2 Å². The van der Waals surface area contributed by atoms with Crippen LogP contribution in [0.4, 0.5) is 18.9 Å². The van der Waals surface area contributed by atoms with Crippen molar-refractivity contribution in [2.24, 2.45) is 0 Å². The minimum absolute atomic E-state index is 0.112. The smallest absolute Gasteiger partial charge is 0.379 e. The Morgan fingerprint density at radius 2 is 1.74 bits per heavy atom. The first-order valence-electron chi connectivity index (χ1n) is 8.75. The van der Waals surface area contributed by atoms with Gasteiger partial charge in [-0.05, 0) is 29.3 Å². The summed E-state index contributed by atoms with van der Waals surface area (Å²) in [7, 11) is 0. The number of alkyl halides is 3. The van der Waals surface area contributed by atoms with E-state index in [2.05, 4.69) is 10.2 Å². The average molecular weight is 378 g/mol. The number of ether oxygens (including phenoxy) is 1. The fraction of sp³-hybridized carbons (Fsp3) is 0.350. The van der Waals surface area contributed by atoms with Gasteiger partial charge < -0.3 is 10.1 Å². The van der Waals surface area contributed by atoms with Crippen LogP contribution >= 0.6 is 0 Å². The molecule has 1 heterocycles. The lowest BCUT2D eigenvalue weighted by Gasteiger charge is -2.26. The molecule has 0 spiro atoms. The van der Waals surface area contributed by atoms with E-state index >= 15 is 0 Å². The van der Waals surface area contributed by atoms with Crippen LogP contribution in [-0.2, 0) is 28.7 Å². The molecule has 3 rings (SSSR count). The van der Waals surface area contributed by atoms with E-state index in [0.717, 1.165) is 50.5 Å². The molecule has 7 heteroatoms. The number of anilines is 1. The summed E-state index contributed by atoms with van der Waals surface area (Å²) in [6, 6.07) is 12.3. The molecule has 0 aromatic heterocycles. The van der Waals surface area contributed by atoms with Crippen LogP contribution in [0.25, 0.3) is 0 Å². The zero-order chi connectivity index (χ0) is 19.3. The summed E-state index contributed by atoms with van der Waals surface area (Å²) in [4.78, 5) is 14.4. The van der Waals surface area contributed by atoms with Crippen LogP contribution in [0.15, 0.2) is 48.5 Å². The maximum Gasteiger partial charge on any atom is 0.416 e. The molecule has 0 aliphatic carbocycles. The molecule has 0 radical (unpaired) electrons. The van der Waals surface area contributed by atoms with Crippen molar-refractivity contribution in [3.8, 4) is 0 Å². The van der Waals surface area contributed by atoms with Gasteiger partial charge in [0.15, 0.2) is 0 Å². The third-order valence-electron chi connectivity index (χ3n) is 4.37. The fourth-order valence-corrected chi connectivity index (χ4v) is 2.96. The van der Waals surface area contributed by atoms with Crippen LogP contribution in [0, 0.1) is 0 Å². The van der Waals surface area contributed by atoms with Crippen molar-refractivity contribution in [1.82, 2.24) is 4.90 Å². The van der Waals surface area contributed by atoms with Gasteiger partial charge >= 0.3 is 6.18 Å². The van der Waals surface area contributed by atoms with E-state index < -0.39 is 11.7 Å². The number of nitrogens with one attached hydrogen (secondary N) is 1. The number of carbonyl (C=O) groups is 1. The van der Waals surface area contributed by atoms with Crippen molar-refractivity contribution in [1.29, 1.82) is 0 Å². The number of benzene rings is 2. The number of nitrogens with zero attached hydrogens (tertiary/aromatic N) is 1. The van der Waals surface area contributed by atoms with E-state index in [4.69, 9.17) is 4.74 Å². The topological polar surface area (TPSA) is 41.6 Å². The second-order valence-corrected chi connectivity index (χ2v) is 6.51. The molecule has 0 unspecified atom stereocenters. The summed E-state index contributed by atoms with van der Waals surface area (Å²) in [5.74, 6) is -0.352. The van der Waals surface area contributed by atoms with Gasteiger partial charge in [-0.15, -0.1) is 0 Å². The summed E-state index contributed by atoms with van der Waals surface area (Å²) in [5, 5.41) is 2.73. The van der Waals surface area contributed by atoms with Crippen LogP contribution in [0.2, 0.25) is 0 Å². The second kappa shape index (κ2) is 8.54. The van der Waals surface area contributed by atoms with E-state index in [9.17, 15) is 18.0 Å². The first-order valence-corrected chi connectivity index (χ1v) is 8.75. The van der Waals surface area contributed by atoms with Gasteiger partial charge in [0.1, 0.15) is 0 Å². The highest BCUT2D eigenvalue weighted by atomic mass is 19.4. The summed E-state index contributed by atoms with van der Waals surface area (Å²) in [6.07, 6.45) is -4.53. The lowest BCUT2D eigenvalue weighted by molar-refractivity contribution is -0.137. The zero-order valence-corrected chi connectivity index (χ0v) is 14.8. The monoisotopic (exact) mass is 378 g/mol. The predicted molar refractivity (Wildman–Crippen MR) is 96.3 cm³/mol. The van der Waals surface area contributed by atoms with Crippen LogP contribution in [0.1, 0.15) is 16.7 Å². The molecule has 1 fully saturated rings. The molecule has 2 aromatic rings. The van der Waals surface area contributed by atoms with Crippen molar-refractivity contribution < 1.29 is 22.7 Å². The Morgan fingerprint density at radius 1 is 1.04 bits per heavy atom. The largest absolute Gasteiger partial charge is 0.416 e. The maximum atomic E-state index is 12.7. The molecule has 0 atom stereocenters. The molecular formula is C20H21F3N2O2. The standard InChI is InChI=1S/C20H21F3N2O2/c21-20(22,23)17-3-1-2-16(12-17)13-19(26)24-18-6-4-15(5-7-18)14-25-8-10-27-11-9-25/h1-7,12H,8-11,13-14H2,(H,24,26). The molecule has 27 heavy (non-hydrogen) atoms. The number of carbonyl (C=O) groups excluding carboxylic acids is 1. The summed E-state index contributed by atoms with van der Waals surface area (Å²) < 4.78 is 43.6. The Kier molecular flexibility index (Phi) is 6.13. The molecule has 1 aliphatic heterocycles. The second-order valence-electron chi connectivity index (χ2n) is 6.51. The molecule has 4 nitrogen and oxygen atoms in total. The third-order valence-corrected chi connectivity index (χ3v) is 4.37. The number of rotatable bonds is 5. The Labute approximate surface area is 155 Å². The highest BCUT2D eigenvalue weighted by Gasteiger charge is 2.30. The molecule has 1 amide bonds. The maximum absolute atomic E-state index is 12.7. The van der Waals surface area contributed by atoms with Crippen LogP contribution in [0.3, 0.4) is 0 Å². The van der Waals surface area contributed by atoms with Gasteiger partial charge in [0.25, 0.3) is 0 Å². The van der Waals surface area contributed by atoms with E-state index in [1.165, 1.54) is 12.1 Å². The predicted octanol–water partition coefficient (Wildman–Crippen LogP) is 3.72. The van der Waals surface area contributed by atoms with Gasteiger partial charge in [-0.1, -0.05) is 30.3 Å². The van der Waals surface area contributed by atoms with Crippen LogP contribution in [-0.4, -0.2) is 37.1 Å². The van der Waals surface area contributed by atoms with E-state index in [1.807, 2.05) is 12.1 Å². The number of hydrogen-bond donors (Lipinski definition) is 1. The van der Waals surface area contributed by atoms with Gasteiger partial charge in [0.2, 0.25) is 5.91 Å². The van der Waals surface area contributed by atoms with E-state index in [0.29, 0.717) is 11.3 Å². The van der Waals surface area contributed by atoms with Crippen LogP contribution in [0.5, 0.6) is 0 Å². The van der Waals surface area contributed by atoms with Gasteiger partial charge in [0, 0.05) is 25.3 Å². The van der Waals surface area contributed by atoms with Gasteiger partial charge in [0.05, 0.1) is 25.2 Å². The molecule has 0 bridgehead atoms. The number of amides is 1. The summed E-state index contributed by atoms with van der Waals surface area (Å²) >= 11 is 0. The Balaban J connectivity index is 1.55.